The molecule has 0 aliphatic heterocycles. The van der Waals surface area contributed by atoms with E-state index in [-0.39, 0.29) is 11.7 Å². The number of hydrogen-bond acceptors (Lipinski definition) is 4. The van der Waals surface area contributed by atoms with Gasteiger partial charge in [0.1, 0.15) is 5.69 Å². The smallest absolute Gasteiger partial charge is 0.274 e. The molecule has 1 N–H and O–H groups in total. The topological polar surface area (TPSA) is 64.0 Å². The molecule has 1 amide bonds. The molecule has 0 fully saturated rings. The molecular weight excluding hydrogens is 346 g/mol. The summed E-state index contributed by atoms with van der Waals surface area (Å²) in [5, 5.41) is 3.41. The first-order valence-corrected chi connectivity index (χ1v) is 9.15. The van der Waals surface area contributed by atoms with Gasteiger partial charge in [0.25, 0.3) is 5.91 Å². The number of carbonyl (C=O) groups excluding carboxylic acids is 2. The van der Waals surface area contributed by atoms with Crippen LogP contribution in [0.4, 0.5) is 5.13 Å². The Hall–Kier alpha value is -2.73. The van der Waals surface area contributed by atoms with Crippen LogP contribution in [-0.2, 0) is 13.5 Å². The van der Waals surface area contributed by atoms with E-state index in [1.54, 1.807) is 23.9 Å². The number of amides is 1. The van der Waals surface area contributed by atoms with Crippen LogP contribution in [0.15, 0.2) is 36.5 Å². The molecule has 0 atom stereocenters. The summed E-state index contributed by atoms with van der Waals surface area (Å²) in [4.78, 5) is 29.6. The maximum absolute atomic E-state index is 12.5. The van der Waals surface area contributed by atoms with Crippen molar-refractivity contribution < 1.29 is 9.59 Å². The second kappa shape index (κ2) is 7.25. The molecule has 0 spiro atoms. The zero-order valence-electron chi connectivity index (χ0n) is 15.3. The second-order valence-corrected chi connectivity index (χ2v) is 7.51. The van der Waals surface area contributed by atoms with Crippen LogP contribution in [-0.4, -0.2) is 21.2 Å². The van der Waals surface area contributed by atoms with E-state index >= 15 is 0 Å². The predicted octanol–water partition coefficient (Wildman–Crippen LogP) is 4.14. The molecule has 0 aliphatic rings. The Kier molecular flexibility index (Phi) is 5.04. The van der Waals surface area contributed by atoms with E-state index in [1.807, 2.05) is 6.92 Å². The Labute approximate surface area is 156 Å². The van der Waals surface area contributed by atoms with Gasteiger partial charge < -0.3 is 4.57 Å². The summed E-state index contributed by atoms with van der Waals surface area (Å²) < 4.78 is 1.65. The second-order valence-electron chi connectivity index (χ2n) is 6.43. The number of nitrogens with zero attached hydrogens (tertiary/aromatic N) is 2. The number of benzene rings is 1. The first-order valence-electron chi connectivity index (χ1n) is 8.34. The largest absolute Gasteiger partial charge is 0.346 e. The summed E-state index contributed by atoms with van der Waals surface area (Å²) in [7, 11) is 1.75. The molecule has 0 saturated carbocycles. The lowest BCUT2D eigenvalue weighted by Gasteiger charge is -2.02. The van der Waals surface area contributed by atoms with E-state index in [0.29, 0.717) is 16.4 Å². The number of Topliss-reactive ketones (excluding diaryl/α,β-unsaturated/α-hetero) is 1. The highest BCUT2D eigenvalue weighted by Gasteiger charge is 2.16. The molecule has 3 aromatic rings. The number of nitrogens with one attached hydrogen (secondary N) is 1. The molecule has 0 saturated heterocycles. The van der Waals surface area contributed by atoms with Gasteiger partial charge in [0, 0.05) is 30.1 Å². The molecule has 0 radical (unpaired) electrons. The minimum Gasteiger partial charge on any atom is -0.346 e. The monoisotopic (exact) mass is 367 g/mol. The summed E-state index contributed by atoms with van der Waals surface area (Å²) in [5.41, 5.74) is 4.32. The lowest BCUT2D eigenvalue weighted by molar-refractivity contribution is 0.101. The van der Waals surface area contributed by atoms with Crippen LogP contribution in [0.2, 0.25) is 0 Å². The molecule has 0 bridgehead atoms. The van der Waals surface area contributed by atoms with Gasteiger partial charge in [-0.3, -0.25) is 14.9 Å². The lowest BCUT2D eigenvalue weighted by atomic mass is 10.1. The van der Waals surface area contributed by atoms with Gasteiger partial charge in [0.15, 0.2) is 10.9 Å². The fraction of sp³-hybridized carbons (Fsp3) is 0.250. The molecule has 26 heavy (non-hydrogen) atoms. The Morgan fingerprint density at radius 1 is 1.19 bits per heavy atom. The first-order chi connectivity index (χ1) is 12.3. The Balaban J connectivity index is 1.75. The van der Waals surface area contributed by atoms with Crippen molar-refractivity contribution in [3.8, 4) is 0 Å². The summed E-state index contributed by atoms with van der Waals surface area (Å²) in [6, 6.07) is 10.0. The molecule has 2 aromatic heterocycles. The standard InChI is InChI=1S/C20H21N3O2S/c1-12-5-7-15(8-6-12)9-18-13(2)21-20(26-18)22-19(25)17-10-16(14(3)24)11-23(17)4/h5-8,10-11H,9H2,1-4H3,(H,21,22,25). The number of rotatable bonds is 5. The fourth-order valence-corrected chi connectivity index (χ4v) is 3.67. The highest BCUT2D eigenvalue weighted by Crippen LogP contribution is 2.26. The van der Waals surface area contributed by atoms with Crippen LogP contribution < -0.4 is 5.32 Å². The van der Waals surface area contributed by atoms with E-state index < -0.39 is 0 Å². The van der Waals surface area contributed by atoms with Gasteiger partial charge in [0.2, 0.25) is 0 Å². The van der Waals surface area contributed by atoms with Crippen molar-refractivity contribution in [2.75, 3.05) is 5.32 Å². The number of ketones is 1. The number of hydrogen-bond donors (Lipinski definition) is 1. The summed E-state index contributed by atoms with van der Waals surface area (Å²) >= 11 is 1.48. The average Bonchev–Trinajstić information content (AvgIpc) is 3.13. The van der Waals surface area contributed by atoms with Gasteiger partial charge >= 0.3 is 0 Å². The number of anilines is 1. The zero-order valence-corrected chi connectivity index (χ0v) is 16.1. The molecular formula is C20H21N3O2S. The summed E-state index contributed by atoms with van der Waals surface area (Å²) in [5.74, 6) is -0.333. The van der Waals surface area contributed by atoms with E-state index in [4.69, 9.17) is 0 Å². The number of aromatic nitrogens is 2. The van der Waals surface area contributed by atoms with Crippen molar-refractivity contribution >= 4 is 28.2 Å². The first kappa shape index (κ1) is 18.1. The van der Waals surface area contributed by atoms with Crippen LogP contribution in [0.1, 0.15) is 49.5 Å². The summed E-state index contributed by atoms with van der Waals surface area (Å²) in [6.07, 6.45) is 2.45. The molecule has 6 heteroatoms. The average molecular weight is 367 g/mol. The number of carbonyl (C=O) groups is 2. The Morgan fingerprint density at radius 2 is 1.88 bits per heavy atom. The van der Waals surface area contributed by atoms with Crippen molar-refractivity contribution in [1.82, 2.24) is 9.55 Å². The molecule has 5 nitrogen and oxygen atoms in total. The molecule has 1 aromatic carbocycles. The number of thiazole rings is 1. The van der Waals surface area contributed by atoms with Gasteiger partial charge in [-0.25, -0.2) is 4.98 Å². The molecule has 0 aliphatic carbocycles. The third kappa shape index (κ3) is 3.91. The van der Waals surface area contributed by atoms with Crippen LogP contribution in [0.5, 0.6) is 0 Å². The highest BCUT2D eigenvalue weighted by molar-refractivity contribution is 7.15. The van der Waals surface area contributed by atoms with E-state index in [1.165, 1.54) is 29.4 Å². The molecule has 3 rings (SSSR count). The Bertz CT molecular complexity index is 968. The fourth-order valence-electron chi connectivity index (χ4n) is 2.68. The van der Waals surface area contributed by atoms with Gasteiger partial charge in [0.05, 0.1) is 5.69 Å². The normalized spacial score (nSPS) is 10.8. The van der Waals surface area contributed by atoms with Gasteiger partial charge in [-0.15, -0.1) is 11.3 Å². The van der Waals surface area contributed by atoms with Gasteiger partial charge in [-0.2, -0.15) is 0 Å². The van der Waals surface area contributed by atoms with E-state index in [9.17, 15) is 9.59 Å². The van der Waals surface area contributed by atoms with Crippen LogP contribution in [0.3, 0.4) is 0 Å². The van der Waals surface area contributed by atoms with Crippen LogP contribution in [0.25, 0.3) is 0 Å². The van der Waals surface area contributed by atoms with Crippen LogP contribution in [0, 0.1) is 13.8 Å². The molecule has 0 unspecified atom stereocenters. The summed E-state index contributed by atoms with van der Waals surface area (Å²) in [6.45, 7) is 5.50. The minimum atomic E-state index is -0.268. The van der Waals surface area contributed by atoms with Gasteiger partial charge in [-0.05, 0) is 32.4 Å². The maximum Gasteiger partial charge on any atom is 0.274 e. The van der Waals surface area contributed by atoms with Crippen LogP contribution >= 0.6 is 11.3 Å². The van der Waals surface area contributed by atoms with Crippen molar-refractivity contribution in [1.29, 1.82) is 0 Å². The van der Waals surface area contributed by atoms with Crippen molar-refractivity contribution in [3.05, 3.63) is 69.5 Å². The number of aryl methyl sites for hydroxylation is 3. The zero-order chi connectivity index (χ0) is 18.8. The maximum atomic E-state index is 12.5. The Morgan fingerprint density at radius 3 is 2.50 bits per heavy atom. The van der Waals surface area contributed by atoms with Crippen molar-refractivity contribution in [2.24, 2.45) is 7.05 Å². The van der Waals surface area contributed by atoms with Crippen molar-refractivity contribution in [3.63, 3.8) is 0 Å². The third-order valence-electron chi connectivity index (χ3n) is 4.24. The third-order valence-corrected chi connectivity index (χ3v) is 5.32. The van der Waals surface area contributed by atoms with E-state index in [2.05, 4.69) is 41.5 Å². The molecule has 2 heterocycles. The van der Waals surface area contributed by atoms with Crippen molar-refractivity contribution in [2.45, 2.75) is 27.2 Å². The minimum absolute atomic E-state index is 0.0647. The SMILES string of the molecule is CC(=O)c1cc(C(=O)Nc2nc(C)c(Cc3ccc(C)cc3)s2)n(C)c1. The quantitative estimate of drug-likeness (QED) is 0.689. The predicted molar refractivity (Wildman–Crippen MR) is 104 cm³/mol. The highest BCUT2D eigenvalue weighted by atomic mass is 32.1. The lowest BCUT2D eigenvalue weighted by Crippen LogP contribution is -2.15. The van der Waals surface area contributed by atoms with E-state index in [0.717, 1.165) is 17.0 Å². The molecule has 134 valence electrons. The van der Waals surface area contributed by atoms with Gasteiger partial charge in [-0.1, -0.05) is 29.8 Å².